The highest BCUT2D eigenvalue weighted by Crippen LogP contribution is 2.18. The van der Waals surface area contributed by atoms with Crippen molar-refractivity contribution in [3.63, 3.8) is 0 Å². The van der Waals surface area contributed by atoms with E-state index in [4.69, 9.17) is 15.7 Å². The number of rotatable bonds is 4. The molecule has 0 aliphatic heterocycles. The van der Waals surface area contributed by atoms with E-state index in [1.165, 1.54) is 0 Å². The van der Waals surface area contributed by atoms with Crippen molar-refractivity contribution in [1.82, 2.24) is 0 Å². The highest BCUT2D eigenvalue weighted by atomic mass is 16.5. The summed E-state index contributed by atoms with van der Waals surface area (Å²) >= 11 is 0. The molecule has 0 radical (unpaired) electrons. The maximum atomic E-state index is 8.41. The van der Waals surface area contributed by atoms with E-state index in [1.807, 2.05) is 38.1 Å². The van der Waals surface area contributed by atoms with E-state index in [9.17, 15) is 0 Å². The maximum absolute atomic E-state index is 8.41. The van der Waals surface area contributed by atoms with Crippen LogP contribution in [0, 0.1) is 6.92 Å². The van der Waals surface area contributed by atoms with Gasteiger partial charge >= 0.3 is 0 Å². The van der Waals surface area contributed by atoms with Gasteiger partial charge in [-0.3, -0.25) is 0 Å². The molecule has 4 heteroatoms. The van der Waals surface area contributed by atoms with Crippen LogP contribution in [0.2, 0.25) is 0 Å². The van der Waals surface area contributed by atoms with Gasteiger partial charge in [-0.15, -0.1) is 0 Å². The Morgan fingerprint density at radius 1 is 1.53 bits per heavy atom. The van der Waals surface area contributed by atoms with E-state index in [-0.39, 0.29) is 11.9 Å². The Balaban J connectivity index is 2.59. The molecule has 82 valence electrons. The molecule has 0 bridgehead atoms. The fourth-order valence-electron chi connectivity index (χ4n) is 1.28. The van der Waals surface area contributed by atoms with Crippen LogP contribution in [0.15, 0.2) is 29.4 Å². The summed E-state index contributed by atoms with van der Waals surface area (Å²) in [5.41, 5.74) is 6.46. The quantitative estimate of drug-likeness (QED) is 0.343. The monoisotopic (exact) mass is 208 g/mol. The molecule has 0 saturated heterocycles. The predicted molar refractivity (Wildman–Crippen MR) is 59.3 cm³/mol. The molecule has 1 rings (SSSR count). The number of nitrogens with zero attached hydrogens (tertiary/aromatic N) is 1. The minimum atomic E-state index is -0.109. The third kappa shape index (κ3) is 3.50. The predicted octanol–water partition coefficient (Wildman–Crippen LogP) is 1.90. The lowest BCUT2D eigenvalue weighted by Gasteiger charge is -2.15. The molecule has 1 unspecified atom stereocenters. The Labute approximate surface area is 89.4 Å². The van der Waals surface area contributed by atoms with Gasteiger partial charge < -0.3 is 15.7 Å². The van der Waals surface area contributed by atoms with Crippen LogP contribution >= 0.6 is 0 Å². The largest absolute Gasteiger partial charge is 0.490 e. The molecule has 0 heterocycles. The number of aryl methyl sites for hydroxylation is 1. The minimum Gasteiger partial charge on any atom is -0.490 e. The maximum Gasteiger partial charge on any atom is 0.142 e. The zero-order chi connectivity index (χ0) is 11.3. The molecule has 0 fully saturated rings. The van der Waals surface area contributed by atoms with Gasteiger partial charge in [0.1, 0.15) is 17.7 Å². The average Bonchev–Trinajstić information content (AvgIpc) is 2.21. The average molecular weight is 208 g/mol. The Morgan fingerprint density at radius 2 is 2.20 bits per heavy atom. The SMILES string of the molecule is Cc1ccccc1OC(C)CC(N)=NO. The molecule has 1 atom stereocenters. The smallest absolute Gasteiger partial charge is 0.142 e. The van der Waals surface area contributed by atoms with E-state index in [0.717, 1.165) is 11.3 Å². The molecule has 4 nitrogen and oxygen atoms in total. The molecule has 1 aromatic carbocycles. The summed E-state index contributed by atoms with van der Waals surface area (Å²) in [6.07, 6.45) is 0.298. The molecular weight excluding hydrogens is 192 g/mol. The van der Waals surface area contributed by atoms with Crippen molar-refractivity contribution in [1.29, 1.82) is 0 Å². The molecule has 0 aromatic heterocycles. The summed E-state index contributed by atoms with van der Waals surface area (Å²) < 4.78 is 5.65. The van der Waals surface area contributed by atoms with Crippen molar-refractivity contribution in [2.75, 3.05) is 0 Å². The van der Waals surface area contributed by atoms with Gasteiger partial charge in [-0.05, 0) is 25.5 Å². The molecule has 15 heavy (non-hydrogen) atoms. The summed E-state index contributed by atoms with van der Waals surface area (Å²) in [7, 11) is 0. The zero-order valence-electron chi connectivity index (χ0n) is 8.97. The van der Waals surface area contributed by atoms with Crippen LogP contribution in [0.1, 0.15) is 18.9 Å². The minimum absolute atomic E-state index is 0.109. The normalized spacial score (nSPS) is 13.6. The third-order valence-corrected chi connectivity index (χ3v) is 2.05. The van der Waals surface area contributed by atoms with Gasteiger partial charge in [0.2, 0.25) is 0 Å². The van der Waals surface area contributed by atoms with E-state index in [2.05, 4.69) is 5.16 Å². The Morgan fingerprint density at radius 3 is 2.80 bits per heavy atom. The fraction of sp³-hybridized carbons (Fsp3) is 0.364. The van der Waals surface area contributed by atoms with Crippen LogP contribution in [0.3, 0.4) is 0 Å². The van der Waals surface area contributed by atoms with Crippen molar-refractivity contribution in [2.45, 2.75) is 26.4 Å². The number of oxime groups is 1. The van der Waals surface area contributed by atoms with E-state index < -0.39 is 0 Å². The highest BCUT2D eigenvalue weighted by Gasteiger charge is 2.07. The second kappa shape index (κ2) is 5.24. The first kappa shape index (κ1) is 11.4. The zero-order valence-corrected chi connectivity index (χ0v) is 8.97. The summed E-state index contributed by atoms with van der Waals surface area (Å²) in [5.74, 6) is 1.01. The van der Waals surface area contributed by atoms with Crippen molar-refractivity contribution >= 4 is 5.84 Å². The summed E-state index contributed by atoms with van der Waals surface area (Å²) in [6.45, 7) is 3.86. The van der Waals surface area contributed by atoms with Gasteiger partial charge in [0.05, 0.1) is 0 Å². The van der Waals surface area contributed by atoms with E-state index in [1.54, 1.807) is 0 Å². The Hall–Kier alpha value is -1.71. The van der Waals surface area contributed by atoms with Crippen molar-refractivity contribution < 1.29 is 9.94 Å². The lowest BCUT2D eigenvalue weighted by Crippen LogP contribution is -2.22. The van der Waals surface area contributed by atoms with Gasteiger partial charge in [0.15, 0.2) is 0 Å². The first-order valence-corrected chi connectivity index (χ1v) is 4.82. The second-order valence-corrected chi connectivity index (χ2v) is 3.49. The van der Waals surface area contributed by atoms with Gasteiger partial charge in [0, 0.05) is 6.42 Å². The molecule has 3 N–H and O–H groups in total. The second-order valence-electron chi connectivity index (χ2n) is 3.49. The Kier molecular flexibility index (Phi) is 3.97. The number of benzene rings is 1. The third-order valence-electron chi connectivity index (χ3n) is 2.05. The lowest BCUT2D eigenvalue weighted by atomic mass is 10.2. The van der Waals surface area contributed by atoms with Crippen LogP contribution < -0.4 is 10.5 Å². The van der Waals surface area contributed by atoms with Crippen LogP contribution in [-0.2, 0) is 0 Å². The summed E-state index contributed by atoms with van der Waals surface area (Å²) in [6, 6.07) is 7.75. The van der Waals surface area contributed by atoms with Crippen molar-refractivity contribution in [3.05, 3.63) is 29.8 Å². The first-order valence-electron chi connectivity index (χ1n) is 4.82. The summed E-state index contributed by atoms with van der Waals surface area (Å²) in [5, 5.41) is 11.3. The van der Waals surface area contributed by atoms with Crippen LogP contribution in [0.4, 0.5) is 0 Å². The van der Waals surface area contributed by atoms with Crippen LogP contribution in [-0.4, -0.2) is 17.1 Å². The topological polar surface area (TPSA) is 67.8 Å². The molecule has 0 amide bonds. The molecule has 0 aliphatic carbocycles. The Bertz CT molecular complexity index is 350. The van der Waals surface area contributed by atoms with Gasteiger partial charge in [-0.1, -0.05) is 23.4 Å². The highest BCUT2D eigenvalue weighted by molar-refractivity contribution is 5.80. The van der Waals surface area contributed by atoms with Crippen molar-refractivity contribution in [3.8, 4) is 5.75 Å². The van der Waals surface area contributed by atoms with E-state index in [0.29, 0.717) is 6.42 Å². The molecular formula is C11H16N2O2. The number of para-hydroxylation sites is 1. The molecule has 0 aliphatic rings. The summed E-state index contributed by atoms with van der Waals surface area (Å²) in [4.78, 5) is 0. The number of ether oxygens (including phenoxy) is 1. The van der Waals surface area contributed by atoms with Crippen LogP contribution in [0.25, 0.3) is 0 Å². The van der Waals surface area contributed by atoms with E-state index >= 15 is 0 Å². The van der Waals surface area contributed by atoms with Gasteiger partial charge in [0.25, 0.3) is 0 Å². The number of hydrogen-bond donors (Lipinski definition) is 2. The molecule has 0 saturated carbocycles. The standard InChI is InChI=1S/C11H16N2O2/c1-8-5-3-4-6-10(8)15-9(2)7-11(12)13-14/h3-6,9,14H,7H2,1-2H3,(H2,12,13). The van der Waals surface area contributed by atoms with Crippen LogP contribution in [0.5, 0.6) is 5.75 Å². The first-order chi connectivity index (χ1) is 7.13. The molecule has 0 spiro atoms. The number of amidine groups is 1. The number of nitrogens with two attached hydrogens (primary N) is 1. The van der Waals surface area contributed by atoms with Gasteiger partial charge in [-0.25, -0.2) is 0 Å². The van der Waals surface area contributed by atoms with Gasteiger partial charge in [-0.2, -0.15) is 0 Å². The molecule has 1 aromatic rings. The fourth-order valence-corrected chi connectivity index (χ4v) is 1.28. The lowest BCUT2D eigenvalue weighted by molar-refractivity contribution is 0.225. The number of hydrogen-bond acceptors (Lipinski definition) is 3. The van der Waals surface area contributed by atoms with Crippen molar-refractivity contribution in [2.24, 2.45) is 10.9 Å².